The van der Waals surface area contributed by atoms with Crippen molar-refractivity contribution in [1.82, 2.24) is 0 Å². The number of nitro groups is 1. The van der Waals surface area contributed by atoms with Gasteiger partial charge in [0.15, 0.2) is 0 Å². The van der Waals surface area contributed by atoms with Crippen LogP contribution in [0.3, 0.4) is 0 Å². The molecule has 0 aliphatic heterocycles. The van der Waals surface area contributed by atoms with Gasteiger partial charge in [-0.05, 0) is 37.7 Å². The van der Waals surface area contributed by atoms with Gasteiger partial charge in [0.1, 0.15) is 0 Å². The molecule has 6 heteroatoms. The fourth-order valence-electron chi connectivity index (χ4n) is 2.88. The quantitative estimate of drug-likeness (QED) is 0.440. The average molecular weight is 293 g/mol. The number of nitrogens with one attached hydrogen (secondary N) is 1. The first kappa shape index (κ1) is 15.6. The summed E-state index contributed by atoms with van der Waals surface area (Å²) in [6, 6.07) is 4.34. The summed E-state index contributed by atoms with van der Waals surface area (Å²) in [5.41, 5.74) is 6.04. The predicted molar refractivity (Wildman–Crippen MR) is 83.2 cm³/mol. The van der Waals surface area contributed by atoms with Crippen molar-refractivity contribution in [3.05, 3.63) is 28.3 Å². The first-order valence-corrected chi connectivity index (χ1v) is 7.44. The van der Waals surface area contributed by atoms with Crippen LogP contribution in [0.5, 0.6) is 0 Å². The maximum atomic E-state index is 10.7. The standard InChI is InChI=1S/C15H23N3O3/c1-2-11-5-7-15(19,8-6-11)10-17-14-4-3-12(18(20)21)9-13(14)16/h3-4,9,11,17,19H,2,5-8,10,16H2,1H3. The van der Waals surface area contributed by atoms with Crippen LogP contribution in [-0.2, 0) is 0 Å². The van der Waals surface area contributed by atoms with Gasteiger partial charge in [-0.1, -0.05) is 13.3 Å². The Morgan fingerprint density at radius 2 is 2.14 bits per heavy atom. The van der Waals surface area contributed by atoms with Gasteiger partial charge in [0.2, 0.25) is 0 Å². The first-order valence-electron chi connectivity index (χ1n) is 7.44. The Bertz CT molecular complexity index is 511. The lowest BCUT2D eigenvalue weighted by Gasteiger charge is -2.36. The summed E-state index contributed by atoms with van der Waals surface area (Å²) in [6.45, 7) is 2.61. The number of rotatable bonds is 5. The number of aliphatic hydroxyl groups is 1. The van der Waals surface area contributed by atoms with E-state index in [9.17, 15) is 15.2 Å². The third kappa shape index (κ3) is 3.85. The zero-order valence-corrected chi connectivity index (χ0v) is 12.3. The molecule has 21 heavy (non-hydrogen) atoms. The van der Waals surface area contributed by atoms with Crippen molar-refractivity contribution in [3.8, 4) is 0 Å². The highest BCUT2D eigenvalue weighted by Gasteiger charge is 2.32. The Labute approximate surface area is 124 Å². The van der Waals surface area contributed by atoms with Crippen LogP contribution in [0.2, 0.25) is 0 Å². The van der Waals surface area contributed by atoms with Gasteiger partial charge < -0.3 is 16.2 Å². The number of anilines is 2. The van der Waals surface area contributed by atoms with Crippen LogP contribution >= 0.6 is 0 Å². The molecule has 0 saturated heterocycles. The van der Waals surface area contributed by atoms with Crippen LogP contribution in [-0.4, -0.2) is 22.2 Å². The normalized spacial score (nSPS) is 25.5. The molecule has 6 nitrogen and oxygen atoms in total. The molecule has 1 aliphatic rings. The van der Waals surface area contributed by atoms with Gasteiger partial charge in [-0.15, -0.1) is 0 Å². The minimum Gasteiger partial charge on any atom is -0.397 e. The van der Waals surface area contributed by atoms with Crippen LogP contribution in [0.4, 0.5) is 17.1 Å². The van der Waals surface area contributed by atoms with E-state index < -0.39 is 10.5 Å². The zero-order valence-electron chi connectivity index (χ0n) is 12.3. The van der Waals surface area contributed by atoms with E-state index in [0.717, 1.165) is 31.6 Å². The maximum absolute atomic E-state index is 10.7. The number of hydrogen-bond acceptors (Lipinski definition) is 5. The number of non-ortho nitro benzene ring substituents is 1. The van der Waals surface area contributed by atoms with Crippen molar-refractivity contribution in [2.75, 3.05) is 17.6 Å². The van der Waals surface area contributed by atoms with E-state index in [1.165, 1.54) is 18.6 Å². The number of hydrogen-bond donors (Lipinski definition) is 3. The van der Waals surface area contributed by atoms with Gasteiger partial charge in [0.05, 0.1) is 21.9 Å². The lowest BCUT2D eigenvalue weighted by Crippen LogP contribution is -2.40. The van der Waals surface area contributed by atoms with Crippen LogP contribution in [0.15, 0.2) is 18.2 Å². The van der Waals surface area contributed by atoms with E-state index in [1.54, 1.807) is 6.07 Å². The van der Waals surface area contributed by atoms with Crippen LogP contribution in [0.1, 0.15) is 39.0 Å². The van der Waals surface area contributed by atoms with Gasteiger partial charge in [-0.25, -0.2) is 0 Å². The van der Waals surface area contributed by atoms with E-state index in [-0.39, 0.29) is 5.69 Å². The van der Waals surface area contributed by atoms with E-state index in [4.69, 9.17) is 5.73 Å². The van der Waals surface area contributed by atoms with Crippen LogP contribution in [0, 0.1) is 16.0 Å². The maximum Gasteiger partial charge on any atom is 0.271 e. The number of nitrogens with zero attached hydrogens (tertiary/aromatic N) is 1. The third-order valence-corrected chi connectivity index (χ3v) is 4.47. The molecule has 1 aromatic rings. The largest absolute Gasteiger partial charge is 0.397 e. The van der Waals surface area contributed by atoms with Gasteiger partial charge in [-0.2, -0.15) is 0 Å². The Morgan fingerprint density at radius 3 is 2.67 bits per heavy atom. The lowest BCUT2D eigenvalue weighted by atomic mass is 9.78. The fourth-order valence-corrected chi connectivity index (χ4v) is 2.88. The van der Waals surface area contributed by atoms with Gasteiger partial charge >= 0.3 is 0 Å². The summed E-state index contributed by atoms with van der Waals surface area (Å²) in [4.78, 5) is 10.2. The molecular formula is C15H23N3O3. The summed E-state index contributed by atoms with van der Waals surface area (Å²) in [6.07, 6.45) is 4.82. The Hall–Kier alpha value is -1.82. The molecule has 0 aromatic heterocycles. The number of nitrogen functional groups attached to an aromatic ring is 1. The monoisotopic (exact) mass is 293 g/mol. The minimum atomic E-state index is -0.708. The van der Waals surface area contributed by atoms with Crippen molar-refractivity contribution in [3.63, 3.8) is 0 Å². The molecule has 1 aromatic carbocycles. The van der Waals surface area contributed by atoms with E-state index in [2.05, 4.69) is 12.2 Å². The summed E-state index contributed by atoms with van der Waals surface area (Å²) < 4.78 is 0. The second-order valence-electron chi connectivity index (χ2n) is 5.96. The molecule has 0 bridgehead atoms. The summed E-state index contributed by atoms with van der Waals surface area (Å²) in [5, 5.41) is 24.4. The van der Waals surface area contributed by atoms with Crippen molar-refractivity contribution in [2.45, 2.75) is 44.6 Å². The van der Waals surface area contributed by atoms with Crippen LogP contribution < -0.4 is 11.1 Å². The molecule has 0 unspecified atom stereocenters. The second-order valence-corrected chi connectivity index (χ2v) is 5.96. The summed E-state index contributed by atoms with van der Waals surface area (Å²) in [5.74, 6) is 0.717. The predicted octanol–water partition coefficient (Wildman–Crippen LogP) is 2.92. The molecule has 0 spiro atoms. The average Bonchev–Trinajstić information content (AvgIpc) is 2.46. The molecule has 1 fully saturated rings. The molecule has 116 valence electrons. The molecular weight excluding hydrogens is 270 g/mol. The third-order valence-electron chi connectivity index (χ3n) is 4.47. The molecule has 0 heterocycles. The minimum absolute atomic E-state index is 0.0276. The summed E-state index contributed by atoms with van der Waals surface area (Å²) in [7, 11) is 0. The number of nitrogens with two attached hydrogens (primary N) is 1. The smallest absolute Gasteiger partial charge is 0.271 e. The zero-order chi connectivity index (χ0) is 15.5. The molecule has 0 amide bonds. The van der Waals surface area contributed by atoms with Gasteiger partial charge in [0, 0.05) is 18.7 Å². The van der Waals surface area contributed by atoms with Crippen molar-refractivity contribution < 1.29 is 10.0 Å². The van der Waals surface area contributed by atoms with E-state index >= 15 is 0 Å². The highest BCUT2D eigenvalue weighted by Crippen LogP contribution is 2.34. The molecule has 0 radical (unpaired) electrons. The molecule has 0 atom stereocenters. The van der Waals surface area contributed by atoms with E-state index in [0.29, 0.717) is 17.9 Å². The highest BCUT2D eigenvalue weighted by molar-refractivity contribution is 5.69. The van der Waals surface area contributed by atoms with Crippen molar-refractivity contribution in [1.29, 1.82) is 0 Å². The second kappa shape index (κ2) is 6.30. The topological polar surface area (TPSA) is 101 Å². The van der Waals surface area contributed by atoms with Gasteiger partial charge in [-0.3, -0.25) is 10.1 Å². The SMILES string of the molecule is CCC1CCC(O)(CNc2ccc([N+](=O)[O-])cc2N)CC1. The van der Waals surface area contributed by atoms with E-state index in [1.807, 2.05) is 0 Å². The number of benzene rings is 1. The molecule has 4 N–H and O–H groups in total. The molecule has 1 saturated carbocycles. The fraction of sp³-hybridized carbons (Fsp3) is 0.600. The Morgan fingerprint density at radius 1 is 1.48 bits per heavy atom. The molecule has 1 aliphatic carbocycles. The highest BCUT2D eigenvalue weighted by atomic mass is 16.6. The van der Waals surface area contributed by atoms with Crippen molar-refractivity contribution in [2.24, 2.45) is 5.92 Å². The number of nitro benzene ring substituents is 1. The summed E-state index contributed by atoms with van der Waals surface area (Å²) >= 11 is 0. The first-order chi connectivity index (χ1) is 9.93. The Balaban J connectivity index is 1.95. The van der Waals surface area contributed by atoms with Crippen LogP contribution in [0.25, 0.3) is 0 Å². The van der Waals surface area contributed by atoms with Crippen molar-refractivity contribution >= 4 is 17.1 Å². The lowest BCUT2D eigenvalue weighted by molar-refractivity contribution is -0.384. The Kier molecular flexibility index (Phi) is 4.67. The molecule has 2 rings (SSSR count). The van der Waals surface area contributed by atoms with Gasteiger partial charge in [0.25, 0.3) is 5.69 Å².